The van der Waals surface area contributed by atoms with Gasteiger partial charge in [-0.1, -0.05) is 26.5 Å². The molecule has 0 bridgehead atoms. The fraction of sp³-hybridized carbons (Fsp3) is 0.485. The van der Waals surface area contributed by atoms with Gasteiger partial charge in [-0.2, -0.15) is 12.6 Å². The van der Waals surface area contributed by atoms with Gasteiger partial charge in [-0.3, -0.25) is 14.4 Å². The standard InChI is InChI=1S/C33H41N5O6S/c1-6-19-15(2)24(35-32(19)44)13-23-16(3)20(7-9-27(39)40)25(34-23)14-26-22(8-10-28(41)42)18(5)33-30(38(33)37(26)33)29-21(11-12-45)17(4)31(43)36-29/h6,14-15,17,21,24,34-35,44-45H,1,7-13H2,2-5H3,(H,36,43)(H,39,40)(H,41,42)/b26-14-,30-29?/t15?,17-,21-,24-,33+,37?,38?/m1/s1. The van der Waals surface area contributed by atoms with Crippen molar-refractivity contribution in [1.82, 2.24) is 25.6 Å². The monoisotopic (exact) mass is 635 g/mol. The zero-order valence-electron chi connectivity index (χ0n) is 26.0. The number of aromatic nitrogens is 1. The molecule has 1 spiro atoms. The van der Waals surface area contributed by atoms with Crippen molar-refractivity contribution in [3.63, 3.8) is 0 Å². The first-order chi connectivity index (χ1) is 21.4. The second-order valence-corrected chi connectivity index (χ2v) is 13.2. The van der Waals surface area contributed by atoms with E-state index >= 15 is 0 Å². The Balaban J connectivity index is 1.38. The number of nitrogens with zero attached hydrogens (tertiary/aromatic N) is 2. The number of thiol groups is 1. The lowest BCUT2D eigenvalue weighted by Crippen LogP contribution is -2.30. The number of hydrogen-bond donors (Lipinski definition) is 7. The number of allylic oxidation sites excluding steroid dienone is 3. The number of carboxylic acids is 2. The highest BCUT2D eigenvalue weighted by atomic mass is 32.1. The topological polar surface area (TPSA) is 158 Å². The number of hydrogen-bond acceptors (Lipinski definition) is 8. The molecule has 6 rings (SSSR count). The summed E-state index contributed by atoms with van der Waals surface area (Å²) in [6.07, 6.45) is 5.67. The van der Waals surface area contributed by atoms with Crippen LogP contribution in [0.1, 0.15) is 69.0 Å². The predicted molar refractivity (Wildman–Crippen MR) is 171 cm³/mol. The summed E-state index contributed by atoms with van der Waals surface area (Å²) < 4.78 is 0. The smallest absolute Gasteiger partial charge is 0.303 e. The number of aliphatic carboxylic acids is 2. The van der Waals surface area contributed by atoms with Crippen LogP contribution in [-0.4, -0.2) is 65.6 Å². The van der Waals surface area contributed by atoms with Gasteiger partial charge in [0.05, 0.1) is 5.70 Å². The van der Waals surface area contributed by atoms with Crippen LogP contribution in [0.2, 0.25) is 0 Å². The molecule has 0 aromatic carbocycles. The second kappa shape index (κ2) is 11.1. The first-order valence-corrected chi connectivity index (χ1v) is 16.2. The highest BCUT2D eigenvalue weighted by molar-refractivity contribution is 7.80. The Morgan fingerprint density at radius 1 is 1.09 bits per heavy atom. The summed E-state index contributed by atoms with van der Waals surface area (Å²) in [6, 6.07) is -0.0690. The molecule has 5 aliphatic rings. The molecule has 11 nitrogen and oxygen atoms in total. The number of fused-ring (bicyclic) bond motifs is 1. The van der Waals surface area contributed by atoms with Crippen LogP contribution in [0.5, 0.6) is 0 Å². The van der Waals surface area contributed by atoms with Crippen molar-refractivity contribution in [2.75, 3.05) is 5.75 Å². The molecule has 1 aromatic heterocycles. The van der Waals surface area contributed by atoms with Gasteiger partial charge in [0.15, 0.2) is 5.88 Å². The summed E-state index contributed by atoms with van der Waals surface area (Å²) in [5, 5.41) is 40.1. The van der Waals surface area contributed by atoms with Crippen LogP contribution in [-0.2, 0) is 27.2 Å². The average molecular weight is 636 g/mol. The Morgan fingerprint density at radius 2 is 1.78 bits per heavy atom. The summed E-state index contributed by atoms with van der Waals surface area (Å²) >= 11 is 4.43. The SMILES string of the molecule is C=CC1=C(O)N[C@H](Cc2[nH]c(/C=C3/C(CCC(=O)O)=C(C)[C@@]45C(=C6NC(=O)[C@H](C)[C@H]6CCS)N4N35)c(CCC(=O)O)c2C)C1C. The van der Waals surface area contributed by atoms with Crippen molar-refractivity contribution in [2.24, 2.45) is 17.8 Å². The van der Waals surface area contributed by atoms with Crippen LogP contribution in [0.15, 0.2) is 52.3 Å². The molecule has 1 unspecified atom stereocenters. The highest BCUT2D eigenvalue weighted by Crippen LogP contribution is 2.77. The van der Waals surface area contributed by atoms with Gasteiger partial charge >= 0.3 is 11.9 Å². The minimum Gasteiger partial charge on any atom is -0.495 e. The third-order valence-electron chi connectivity index (χ3n) is 10.4. The van der Waals surface area contributed by atoms with Gasteiger partial charge in [-0.15, -0.1) is 0 Å². The molecule has 3 saturated heterocycles. The van der Waals surface area contributed by atoms with E-state index in [1.807, 2.05) is 33.8 Å². The molecule has 1 aromatic rings. The first kappa shape index (κ1) is 30.9. The van der Waals surface area contributed by atoms with Crippen LogP contribution in [0.4, 0.5) is 0 Å². The maximum Gasteiger partial charge on any atom is 0.303 e. The van der Waals surface area contributed by atoms with Crippen LogP contribution in [0, 0.1) is 24.7 Å². The highest BCUT2D eigenvalue weighted by Gasteiger charge is 2.87. The third-order valence-corrected chi connectivity index (χ3v) is 10.7. The lowest BCUT2D eigenvalue weighted by Gasteiger charge is -2.18. The largest absolute Gasteiger partial charge is 0.495 e. The van der Waals surface area contributed by atoms with Crippen molar-refractivity contribution >= 4 is 36.6 Å². The van der Waals surface area contributed by atoms with Crippen LogP contribution < -0.4 is 10.6 Å². The summed E-state index contributed by atoms with van der Waals surface area (Å²) in [4.78, 5) is 39.5. The zero-order valence-corrected chi connectivity index (χ0v) is 26.9. The molecule has 0 radical (unpaired) electrons. The molecule has 1 amide bonds. The molecule has 6 N–H and O–H groups in total. The molecule has 240 valence electrons. The Kier molecular flexibility index (Phi) is 7.62. The maximum absolute atomic E-state index is 12.7. The van der Waals surface area contributed by atoms with Gasteiger partial charge in [-0.25, -0.2) is 10.0 Å². The molecule has 45 heavy (non-hydrogen) atoms. The van der Waals surface area contributed by atoms with Gasteiger partial charge in [-0.05, 0) is 67.2 Å². The van der Waals surface area contributed by atoms with Crippen molar-refractivity contribution in [2.45, 2.75) is 77.9 Å². The van der Waals surface area contributed by atoms with E-state index < -0.39 is 17.6 Å². The Labute approximate surface area is 267 Å². The minimum absolute atomic E-state index is 0.00786. The minimum atomic E-state index is -0.887. The Bertz CT molecular complexity index is 1650. The number of aliphatic hydroxyl groups excluding tert-OH is 1. The van der Waals surface area contributed by atoms with E-state index in [4.69, 9.17) is 0 Å². The quantitative estimate of drug-likeness (QED) is 0.132. The third kappa shape index (κ3) is 4.67. The average Bonchev–Trinajstić information content (AvgIpc) is 3.71. The number of carbonyl (C=O) groups excluding carboxylic acids is 1. The number of carbonyl (C=O) groups is 3. The summed E-state index contributed by atoms with van der Waals surface area (Å²) in [7, 11) is 0. The van der Waals surface area contributed by atoms with E-state index in [9.17, 15) is 29.7 Å². The van der Waals surface area contributed by atoms with Gasteiger partial charge in [0.2, 0.25) is 11.6 Å². The fourth-order valence-electron chi connectivity index (χ4n) is 7.73. The van der Waals surface area contributed by atoms with Gasteiger partial charge in [0.25, 0.3) is 0 Å². The number of carboxylic acid groups (broad SMARTS) is 2. The number of aliphatic hydroxyl groups is 1. The number of aromatic amines is 1. The fourth-order valence-corrected chi connectivity index (χ4v) is 8.01. The molecule has 12 heteroatoms. The lowest BCUT2D eigenvalue weighted by molar-refractivity contribution is -0.138. The van der Waals surface area contributed by atoms with Gasteiger partial charge < -0.3 is 30.9 Å². The Hall–Kier alpha value is -4.06. The van der Waals surface area contributed by atoms with Crippen molar-refractivity contribution < 1.29 is 29.7 Å². The molecular formula is C33H41N5O6S. The molecular weight excluding hydrogens is 594 g/mol. The second-order valence-electron chi connectivity index (χ2n) is 12.7. The lowest BCUT2D eigenvalue weighted by atomic mass is 9.91. The van der Waals surface area contributed by atoms with Gasteiger partial charge in [0.1, 0.15) is 5.70 Å². The number of hydrazine groups is 1. The van der Waals surface area contributed by atoms with Gasteiger partial charge in [0, 0.05) is 65.7 Å². The zero-order chi connectivity index (χ0) is 32.5. The number of rotatable bonds is 12. The molecule has 5 aliphatic heterocycles. The van der Waals surface area contributed by atoms with E-state index in [1.54, 1.807) is 6.08 Å². The van der Waals surface area contributed by atoms with E-state index in [0.29, 0.717) is 25.0 Å². The van der Waals surface area contributed by atoms with Crippen LogP contribution >= 0.6 is 12.6 Å². The Morgan fingerprint density at radius 3 is 2.40 bits per heavy atom. The molecule has 5 atom stereocenters. The van der Waals surface area contributed by atoms with E-state index in [2.05, 4.69) is 44.8 Å². The maximum atomic E-state index is 12.7. The number of H-pyrrole nitrogens is 1. The van der Waals surface area contributed by atoms with Crippen molar-refractivity contribution in [3.05, 3.63) is 74.9 Å². The summed E-state index contributed by atoms with van der Waals surface area (Å²) in [5.74, 6) is -1.03. The molecule has 0 saturated carbocycles. The van der Waals surface area contributed by atoms with Crippen LogP contribution in [0.3, 0.4) is 0 Å². The van der Waals surface area contributed by atoms with Crippen LogP contribution in [0.25, 0.3) is 6.08 Å². The van der Waals surface area contributed by atoms with E-state index in [1.165, 1.54) is 0 Å². The number of nitrogens with one attached hydrogen (secondary N) is 3. The van der Waals surface area contributed by atoms with E-state index in [0.717, 1.165) is 62.7 Å². The van der Waals surface area contributed by atoms with Crippen molar-refractivity contribution in [3.8, 4) is 0 Å². The molecule has 0 aliphatic carbocycles. The first-order valence-electron chi connectivity index (χ1n) is 15.5. The van der Waals surface area contributed by atoms with Crippen molar-refractivity contribution in [1.29, 1.82) is 0 Å². The predicted octanol–water partition coefficient (Wildman–Crippen LogP) is 4.14. The normalized spacial score (nSPS) is 30.6. The summed E-state index contributed by atoms with van der Waals surface area (Å²) in [5.41, 5.74) is 8.76. The van der Waals surface area contributed by atoms with E-state index in [-0.39, 0.29) is 48.4 Å². The molecule has 6 heterocycles. The number of amides is 1. The summed E-state index contributed by atoms with van der Waals surface area (Å²) in [6.45, 7) is 11.8. The molecule has 3 fully saturated rings.